The lowest BCUT2D eigenvalue weighted by atomic mass is 10.1. The molecule has 96 valence electrons. The van der Waals surface area contributed by atoms with Crippen molar-refractivity contribution in [3.8, 4) is 11.5 Å². The quantitative estimate of drug-likeness (QED) is 0.878. The van der Waals surface area contributed by atoms with Crippen LogP contribution in [0.5, 0.6) is 11.5 Å². The van der Waals surface area contributed by atoms with Crippen molar-refractivity contribution in [2.75, 3.05) is 20.8 Å². The third-order valence-electron chi connectivity index (χ3n) is 2.82. The number of nitrogens with zero attached hydrogens (tertiary/aromatic N) is 1. The van der Waals surface area contributed by atoms with Gasteiger partial charge in [-0.3, -0.25) is 4.79 Å². The van der Waals surface area contributed by atoms with Crippen molar-refractivity contribution in [3.05, 3.63) is 34.7 Å². The largest absolute Gasteiger partial charge is 0.497 e. The molecular weight excluding hydrogens is 234 g/mol. The minimum Gasteiger partial charge on any atom is -0.497 e. The summed E-state index contributed by atoms with van der Waals surface area (Å²) < 4.78 is 11.8. The number of methoxy groups -OCH3 is 2. The Bertz CT molecular complexity index is 618. The van der Waals surface area contributed by atoms with E-state index in [-0.39, 0.29) is 18.7 Å². The van der Waals surface area contributed by atoms with Gasteiger partial charge in [0.25, 0.3) is 5.56 Å². The van der Waals surface area contributed by atoms with E-state index in [1.807, 2.05) is 0 Å². The van der Waals surface area contributed by atoms with E-state index >= 15 is 0 Å². The number of rotatable bonds is 4. The Hall–Kier alpha value is -2.01. The summed E-state index contributed by atoms with van der Waals surface area (Å²) in [5.74, 6) is 1.16. The minimum absolute atomic E-state index is 0.0769. The maximum absolute atomic E-state index is 12.2. The molecular formula is C13H15NO4. The van der Waals surface area contributed by atoms with Gasteiger partial charge in [0.1, 0.15) is 11.5 Å². The van der Waals surface area contributed by atoms with E-state index < -0.39 is 0 Å². The lowest BCUT2D eigenvalue weighted by molar-refractivity contribution is 0.274. The van der Waals surface area contributed by atoms with Crippen molar-refractivity contribution in [2.24, 2.45) is 0 Å². The molecule has 5 heteroatoms. The molecule has 0 bridgehead atoms. The van der Waals surface area contributed by atoms with Crippen molar-refractivity contribution >= 4 is 10.8 Å². The molecule has 0 aliphatic carbocycles. The number of aliphatic hydroxyl groups excluding tert-OH is 1. The Morgan fingerprint density at radius 2 is 2.00 bits per heavy atom. The van der Waals surface area contributed by atoms with Gasteiger partial charge < -0.3 is 19.1 Å². The molecule has 0 atom stereocenters. The first kappa shape index (κ1) is 12.4. The summed E-state index contributed by atoms with van der Waals surface area (Å²) in [6.45, 7) is 0.195. The molecule has 2 rings (SSSR count). The summed E-state index contributed by atoms with van der Waals surface area (Å²) in [7, 11) is 3.09. The monoisotopic (exact) mass is 249 g/mol. The van der Waals surface area contributed by atoms with Gasteiger partial charge in [-0.05, 0) is 12.1 Å². The second kappa shape index (κ2) is 5.10. The van der Waals surface area contributed by atoms with Crippen molar-refractivity contribution < 1.29 is 14.6 Å². The lowest BCUT2D eigenvalue weighted by Crippen LogP contribution is -2.21. The maximum atomic E-state index is 12.2. The number of pyridine rings is 1. The summed E-state index contributed by atoms with van der Waals surface area (Å²) in [6.07, 6.45) is 1.65. The van der Waals surface area contributed by atoms with Crippen molar-refractivity contribution in [1.29, 1.82) is 0 Å². The molecule has 0 spiro atoms. The van der Waals surface area contributed by atoms with Crippen LogP contribution in [0.25, 0.3) is 10.8 Å². The summed E-state index contributed by atoms with van der Waals surface area (Å²) in [6, 6.07) is 5.21. The summed E-state index contributed by atoms with van der Waals surface area (Å²) in [4.78, 5) is 12.2. The highest BCUT2D eigenvalue weighted by Crippen LogP contribution is 2.28. The fraction of sp³-hybridized carbons (Fsp3) is 0.308. The zero-order chi connectivity index (χ0) is 13.1. The average molecular weight is 249 g/mol. The fourth-order valence-corrected chi connectivity index (χ4v) is 1.91. The Morgan fingerprint density at radius 3 is 2.61 bits per heavy atom. The van der Waals surface area contributed by atoms with E-state index in [2.05, 4.69) is 0 Å². The first-order valence-electron chi connectivity index (χ1n) is 5.57. The second-order valence-electron chi connectivity index (χ2n) is 3.83. The molecule has 0 radical (unpaired) electrons. The van der Waals surface area contributed by atoms with Gasteiger partial charge in [0, 0.05) is 24.2 Å². The molecule has 0 unspecified atom stereocenters. The van der Waals surface area contributed by atoms with Crippen LogP contribution in [0.2, 0.25) is 0 Å². The SMILES string of the molecule is COc1cc(OC)c2ccn(CCO)c(=O)c2c1. The molecule has 0 aliphatic heterocycles. The summed E-state index contributed by atoms with van der Waals surface area (Å²) in [5.41, 5.74) is -0.168. The van der Waals surface area contributed by atoms with Gasteiger partial charge >= 0.3 is 0 Å². The third-order valence-corrected chi connectivity index (χ3v) is 2.82. The third kappa shape index (κ3) is 2.04. The Kier molecular flexibility index (Phi) is 3.53. The summed E-state index contributed by atoms with van der Waals surface area (Å²) in [5, 5.41) is 10.2. The van der Waals surface area contributed by atoms with Crippen LogP contribution in [0.15, 0.2) is 29.2 Å². The van der Waals surface area contributed by atoms with Crippen molar-refractivity contribution in [1.82, 2.24) is 4.57 Å². The number of benzene rings is 1. The Balaban J connectivity index is 2.75. The predicted octanol–water partition coefficient (Wildman–Crippen LogP) is 1.01. The maximum Gasteiger partial charge on any atom is 0.258 e. The highest BCUT2D eigenvalue weighted by atomic mass is 16.5. The van der Waals surface area contributed by atoms with Gasteiger partial charge in [0.2, 0.25) is 0 Å². The highest BCUT2D eigenvalue weighted by Gasteiger charge is 2.09. The van der Waals surface area contributed by atoms with Crippen LogP contribution in [0.1, 0.15) is 0 Å². The first-order valence-corrected chi connectivity index (χ1v) is 5.57. The van der Waals surface area contributed by atoms with E-state index in [1.54, 1.807) is 31.5 Å². The molecule has 18 heavy (non-hydrogen) atoms. The van der Waals surface area contributed by atoms with Crippen LogP contribution in [0.3, 0.4) is 0 Å². The van der Waals surface area contributed by atoms with Gasteiger partial charge in [-0.2, -0.15) is 0 Å². The predicted molar refractivity (Wildman–Crippen MR) is 68.4 cm³/mol. The van der Waals surface area contributed by atoms with Gasteiger partial charge in [-0.1, -0.05) is 0 Å². The Labute approximate surface area is 104 Å². The van der Waals surface area contributed by atoms with Gasteiger partial charge in [-0.15, -0.1) is 0 Å². The molecule has 0 aliphatic rings. The highest BCUT2D eigenvalue weighted by molar-refractivity contribution is 5.89. The van der Waals surface area contributed by atoms with Gasteiger partial charge in [-0.25, -0.2) is 0 Å². The van der Waals surface area contributed by atoms with Gasteiger partial charge in [0.15, 0.2) is 0 Å². The topological polar surface area (TPSA) is 60.7 Å². The second-order valence-corrected chi connectivity index (χ2v) is 3.83. The molecule has 1 aromatic heterocycles. The molecule has 2 aromatic rings. The number of hydrogen-bond acceptors (Lipinski definition) is 4. The van der Waals surface area contributed by atoms with E-state index in [4.69, 9.17) is 14.6 Å². The van der Waals surface area contributed by atoms with Gasteiger partial charge in [0.05, 0.1) is 26.2 Å². The number of aromatic nitrogens is 1. The molecule has 0 saturated heterocycles. The number of hydrogen-bond donors (Lipinski definition) is 1. The molecule has 0 saturated carbocycles. The van der Waals surface area contributed by atoms with Crippen LogP contribution >= 0.6 is 0 Å². The smallest absolute Gasteiger partial charge is 0.258 e. The van der Waals surface area contributed by atoms with Crippen LogP contribution in [0, 0.1) is 0 Å². The number of aliphatic hydroxyl groups is 1. The van der Waals surface area contributed by atoms with Crippen molar-refractivity contribution in [2.45, 2.75) is 6.54 Å². The fourth-order valence-electron chi connectivity index (χ4n) is 1.91. The van der Waals surface area contributed by atoms with Crippen molar-refractivity contribution in [3.63, 3.8) is 0 Å². The molecule has 1 heterocycles. The molecule has 0 amide bonds. The lowest BCUT2D eigenvalue weighted by Gasteiger charge is -2.10. The summed E-state index contributed by atoms with van der Waals surface area (Å²) >= 11 is 0. The van der Waals surface area contributed by atoms with Crippen LogP contribution in [0.4, 0.5) is 0 Å². The molecule has 1 aromatic carbocycles. The molecule has 1 N–H and O–H groups in total. The zero-order valence-corrected chi connectivity index (χ0v) is 10.3. The minimum atomic E-state index is -0.168. The van der Waals surface area contributed by atoms with E-state index in [9.17, 15) is 4.79 Å². The zero-order valence-electron chi connectivity index (χ0n) is 10.3. The molecule has 0 fully saturated rings. The van der Waals surface area contributed by atoms with Crippen LogP contribution in [-0.2, 0) is 6.54 Å². The van der Waals surface area contributed by atoms with E-state index in [1.165, 1.54) is 11.7 Å². The number of fused-ring (bicyclic) bond motifs is 1. The average Bonchev–Trinajstić information content (AvgIpc) is 2.41. The van der Waals surface area contributed by atoms with Crippen LogP contribution < -0.4 is 15.0 Å². The number of ether oxygens (including phenoxy) is 2. The normalized spacial score (nSPS) is 10.6. The van der Waals surface area contributed by atoms with E-state index in [0.717, 1.165) is 5.39 Å². The molecule has 5 nitrogen and oxygen atoms in total. The first-order chi connectivity index (χ1) is 8.71. The van der Waals surface area contributed by atoms with Crippen LogP contribution in [-0.4, -0.2) is 30.5 Å². The van der Waals surface area contributed by atoms with E-state index in [0.29, 0.717) is 16.9 Å². The standard InChI is InChI=1S/C13H15NO4/c1-17-9-7-11-10(12(8-9)18-2)3-4-14(5-6-15)13(11)16/h3-4,7-8,15H,5-6H2,1-2H3. The Morgan fingerprint density at radius 1 is 1.22 bits per heavy atom.